The maximum absolute atomic E-state index is 14.1. The van der Waals surface area contributed by atoms with Crippen molar-refractivity contribution >= 4 is 34.3 Å². The lowest BCUT2D eigenvalue weighted by Crippen LogP contribution is -2.08. The second-order valence-corrected chi connectivity index (χ2v) is 5.64. The number of aromatic nitrogens is 5. The molecule has 0 aliphatic heterocycles. The third-order valence-corrected chi connectivity index (χ3v) is 3.95. The summed E-state index contributed by atoms with van der Waals surface area (Å²) < 4.78 is 29.0. The molecule has 1 aromatic carbocycles. The number of anilines is 2. The van der Waals surface area contributed by atoms with Crippen molar-refractivity contribution < 1.29 is 8.78 Å². The van der Waals surface area contributed by atoms with Gasteiger partial charge in [-0.2, -0.15) is 5.10 Å². The van der Waals surface area contributed by atoms with Crippen LogP contribution in [0.1, 0.15) is 0 Å². The van der Waals surface area contributed by atoms with Gasteiger partial charge in [0.25, 0.3) is 5.56 Å². The zero-order valence-electron chi connectivity index (χ0n) is 12.9. The first-order valence-corrected chi connectivity index (χ1v) is 7.71. The van der Waals surface area contributed by atoms with Crippen LogP contribution < -0.4 is 10.9 Å². The molecule has 3 heterocycles. The van der Waals surface area contributed by atoms with Crippen LogP contribution in [0.25, 0.3) is 16.6 Å². The van der Waals surface area contributed by atoms with Gasteiger partial charge in [0, 0.05) is 24.7 Å². The highest BCUT2D eigenvalue weighted by atomic mass is 35.5. The zero-order chi connectivity index (χ0) is 18.3. The Morgan fingerprint density at radius 2 is 1.85 bits per heavy atom. The molecular formula is C16H9ClF2N6O. The molecule has 0 radical (unpaired) electrons. The molecule has 26 heavy (non-hydrogen) atoms. The molecule has 0 bridgehead atoms. The Balaban J connectivity index is 1.84. The van der Waals surface area contributed by atoms with Crippen molar-refractivity contribution in [3.63, 3.8) is 0 Å². The van der Waals surface area contributed by atoms with Gasteiger partial charge in [-0.1, -0.05) is 11.6 Å². The van der Waals surface area contributed by atoms with Gasteiger partial charge in [-0.3, -0.25) is 9.78 Å². The van der Waals surface area contributed by atoms with Crippen LogP contribution in [0.4, 0.5) is 20.5 Å². The predicted octanol–water partition coefficient (Wildman–Crippen LogP) is 3.18. The summed E-state index contributed by atoms with van der Waals surface area (Å²) in [4.78, 5) is 22.0. The van der Waals surface area contributed by atoms with E-state index in [2.05, 4.69) is 25.4 Å². The van der Waals surface area contributed by atoms with Crippen LogP contribution >= 0.6 is 11.6 Å². The van der Waals surface area contributed by atoms with Crippen molar-refractivity contribution in [3.8, 4) is 5.69 Å². The quantitative estimate of drug-likeness (QED) is 0.538. The fourth-order valence-corrected chi connectivity index (χ4v) is 2.67. The Labute approximate surface area is 149 Å². The summed E-state index contributed by atoms with van der Waals surface area (Å²) in [6.45, 7) is 0. The first kappa shape index (κ1) is 16.2. The summed E-state index contributed by atoms with van der Waals surface area (Å²) in [7, 11) is 0. The maximum Gasteiger partial charge on any atom is 0.252 e. The van der Waals surface area contributed by atoms with E-state index in [1.165, 1.54) is 24.7 Å². The number of rotatable bonds is 3. The van der Waals surface area contributed by atoms with Crippen molar-refractivity contribution in [2.24, 2.45) is 0 Å². The molecule has 4 aromatic rings. The van der Waals surface area contributed by atoms with Crippen molar-refractivity contribution in [3.05, 3.63) is 69.9 Å². The van der Waals surface area contributed by atoms with Gasteiger partial charge in [-0.05, 0) is 18.2 Å². The number of halogens is 3. The van der Waals surface area contributed by atoms with Gasteiger partial charge >= 0.3 is 0 Å². The fraction of sp³-hybridized carbons (Fsp3) is 0. The highest BCUT2D eigenvalue weighted by Gasteiger charge is 2.17. The smallest absolute Gasteiger partial charge is 0.252 e. The molecule has 0 fully saturated rings. The number of hydrogen-bond acceptors (Lipinski definition) is 5. The summed E-state index contributed by atoms with van der Waals surface area (Å²) in [5.74, 6) is -0.970. The molecule has 0 unspecified atom stereocenters. The van der Waals surface area contributed by atoms with Crippen molar-refractivity contribution in [2.75, 3.05) is 5.32 Å². The van der Waals surface area contributed by atoms with Crippen LogP contribution in [0.15, 0.2) is 47.7 Å². The molecule has 0 spiro atoms. The van der Waals surface area contributed by atoms with Gasteiger partial charge in [-0.15, -0.1) is 0 Å². The topological polar surface area (TPSA) is 88.5 Å². The number of pyridine rings is 1. The lowest BCUT2D eigenvalue weighted by molar-refractivity contribution is 0.588. The Hall–Kier alpha value is -3.33. The number of nitrogens with one attached hydrogen (secondary N) is 2. The molecule has 130 valence electrons. The number of aromatic amines is 1. The van der Waals surface area contributed by atoms with E-state index in [4.69, 9.17) is 11.6 Å². The largest absolute Gasteiger partial charge is 0.310 e. The SMILES string of the molecule is O=c1ccnc(Nc2nccc3nn(-c4c(F)ccc(F)c4Cl)cc23)[nH]1. The number of hydrogen-bond donors (Lipinski definition) is 2. The predicted molar refractivity (Wildman–Crippen MR) is 91.9 cm³/mol. The van der Waals surface area contributed by atoms with Crippen molar-refractivity contribution in [2.45, 2.75) is 0 Å². The van der Waals surface area contributed by atoms with E-state index < -0.39 is 11.6 Å². The first-order valence-electron chi connectivity index (χ1n) is 7.33. The van der Waals surface area contributed by atoms with Crippen LogP contribution in [-0.2, 0) is 0 Å². The Kier molecular flexibility index (Phi) is 3.85. The third-order valence-electron chi connectivity index (χ3n) is 3.59. The maximum atomic E-state index is 14.1. The Morgan fingerprint density at radius 1 is 1.08 bits per heavy atom. The van der Waals surface area contributed by atoms with Gasteiger partial charge in [0.1, 0.15) is 22.3 Å². The normalized spacial score (nSPS) is 11.0. The minimum Gasteiger partial charge on any atom is -0.310 e. The van der Waals surface area contributed by atoms with E-state index in [0.29, 0.717) is 16.7 Å². The average molecular weight is 375 g/mol. The second-order valence-electron chi connectivity index (χ2n) is 5.27. The first-order chi connectivity index (χ1) is 12.5. The summed E-state index contributed by atoms with van der Waals surface area (Å²) in [6.07, 6.45) is 4.27. The van der Waals surface area contributed by atoms with E-state index in [0.717, 1.165) is 16.8 Å². The molecule has 10 heteroatoms. The highest BCUT2D eigenvalue weighted by Crippen LogP contribution is 2.29. The monoisotopic (exact) mass is 374 g/mol. The van der Waals surface area contributed by atoms with Crippen LogP contribution in [0.5, 0.6) is 0 Å². The van der Waals surface area contributed by atoms with E-state index in [1.54, 1.807) is 6.07 Å². The molecule has 0 atom stereocenters. The molecule has 2 N–H and O–H groups in total. The molecular weight excluding hydrogens is 366 g/mol. The molecule has 4 rings (SSSR count). The minimum absolute atomic E-state index is 0.181. The Morgan fingerprint density at radius 3 is 2.65 bits per heavy atom. The fourth-order valence-electron chi connectivity index (χ4n) is 2.43. The van der Waals surface area contributed by atoms with E-state index >= 15 is 0 Å². The van der Waals surface area contributed by atoms with Crippen LogP contribution in [0, 0.1) is 11.6 Å². The molecule has 0 aliphatic carbocycles. The number of benzene rings is 1. The molecule has 7 nitrogen and oxygen atoms in total. The Bertz CT molecular complexity index is 1190. The van der Waals surface area contributed by atoms with Crippen LogP contribution in [0.3, 0.4) is 0 Å². The summed E-state index contributed by atoms with van der Waals surface area (Å²) >= 11 is 5.89. The van der Waals surface area contributed by atoms with E-state index in [1.807, 2.05) is 0 Å². The zero-order valence-corrected chi connectivity index (χ0v) is 13.6. The summed E-state index contributed by atoms with van der Waals surface area (Å²) in [5, 5.41) is 7.20. The molecule has 0 saturated carbocycles. The average Bonchev–Trinajstić information content (AvgIpc) is 3.03. The van der Waals surface area contributed by atoms with Gasteiger partial charge < -0.3 is 5.32 Å². The van der Waals surface area contributed by atoms with Crippen molar-refractivity contribution in [1.29, 1.82) is 0 Å². The van der Waals surface area contributed by atoms with Crippen LogP contribution in [0.2, 0.25) is 5.02 Å². The van der Waals surface area contributed by atoms with Gasteiger partial charge in [-0.25, -0.2) is 23.4 Å². The van der Waals surface area contributed by atoms with Crippen molar-refractivity contribution in [1.82, 2.24) is 24.7 Å². The molecule has 0 amide bonds. The molecule has 0 saturated heterocycles. The lowest BCUT2D eigenvalue weighted by Gasteiger charge is -2.06. The van der Waals surface area contributed by atoms with Gasteiger partial charge in [0.15, 0.2) is 5.82 Å². The van der Waals surface area contributed by atoms with E-state index in [-0.39, 0.29) is 22.2 Å². The third kappa shape index (κ3) is 2.78. The van der Waals surface area contributed by atoms with Gasteiger partial charge in [0.2, 0.25) is 5.95 Å². The molecule has 3 aromatic heterocycles. The van der Waals surface area contributed by atoms with Gasteiger partial charge in [0.05, 0.1) is 10.9 Å². The summed E-state index contributed by atoms with van der Waals surface area (Å²) in [5.41, 5.74) is -0.0838. The highest BCUT2D eigenvalue weighted by molar-refractivity contribution is 6.32. The number of nitrogens with zero attached hydrogens (tertiary/aromatic N) is 4. The standard InChI is InChI=1S/C16H9ClF2N6O/c17-13-9(18)1-2-10(19)14(13)25-7-8-11(24-25)3-5-20-15(8)23-16-21-6-4-12(26)22-16/h1-7H,(H2,20,21,22,23,26). The minimum atomic E-state index is -0.759. The number of H-pyrrole nitrogens is 1. The second kappa shape index (κ2) is 6.19. The summed E-state index contributed by atoms with van der Waals surface area (Å²) in [6, 6.07) is 4.78. The van der Waals surface area contributed by atoms with E-state index in [9.17, 15) is 13.6 Å². The number of fused-ring (bicyclic) bond motifs is 1. The van der Waals surface area contributed by atoms with Crippen LogP contribution in [-0.4, -0.2) is 24.7 Å². The lowest BCUT2D eigenvalue weighted by atomic mass is 10.3. The molecule has 0 aliphatic rings.